The molecule has 112 valence electrons. The molecule has 0 aromatic carbocycles. The Kier molecular flexibility index (Phi) is 7.08. The normalized spacial score (nSPS) is 10.3. The highest BCUT2D eigenvalue weighted by atomic mass is 35.5. The van der Waals surface area contributed by atoms with Crippen LogP contribution < -0.4 is 10.9 Å². The number of rotatable bonds is 8. The largest absolute Gasteiger partial charge is 0.466 e. The number of unbranched alkanes of at least 4 members (excludes halogenated alkanes) is 1. The Labute approximate surface area is 123 Å². The van der Waals surface area contributed by atoms with E-state index in [2.05, 4.69) is 10.4 Å². The molecule has 1 aromatic rings. The number of hydrogen-bond donors (Lipinski definition) is 1. The van der Waals surface area contributed by atoms with Crippen LogP contribution in [-0.2, 0) is 16.1 Å². The van der Waals surface area contributed by atoms with Gasteiger partial charge in [0.15, 0.2) is 0 Å². The van der Waals surface area contributed by atoms with Crippen molar-refractivity contribution in [3.63, 3.8) is 0 Å². The number of carbonyl (C=O) groups excluding carboxylic acids is 1. The van der Waals surface area contributed by atoms with Crippen LogP contribution in [0.15, 0.2) is 11.0 Å². The summed E-state index contributed by atoms with van der Waals surface area (Å²) in [5.41, 5.74) is 0.120. The first-order valence-corrected chi connectivity index (χ1v) is 7.13. The molecule has 0 aliphatic rings. The number of esters is 1. The van der Waals surface area contributed by atoms with Gasteiger partial charge in [-0.15, -0.1) is 0 Å². The first kappa shape index (κ1) is 16.5. The van der Waals surface area contributed by atoms with Crippen molar-refractivity contribution in [1.29, 1.82) is 0 Å². The molecule has 1 heterocycles. The van der Waals surface area contributed by atoms with Crippen molar-refractivity contribution in [3.8, 4) is 0 Å². The molecule has 0 saturated heterocycles. The molecular weight excluding hydrogens is 282 g/mol. The zero-order valence-corrected chi connectivity index (χ0v) is 12.6. The van der Waals surface area contributed by atoms with E-state index in [1.807, 2.05) is 6.92 Å². The molecule has 0 spiro atoms. The third-order valence-electron chi connectivity index (χ3n) is 2.66. The van der Waals surface area contributed by atoms with Gasteiger partial charge in [-0.05, 0) is 13.3 Å². The molecule has 0 saturated carbocycles. The molecule has 0 amide bonds. The third-order valence-corrected chi connectivity index (χ3v) is 3.02. The van der Waals surface area contributed by atoms with Gasteiger partial charge >= 0.3 is 5.97 Å². The van der Waals surface area contributed by atoms with E-state index in [-0.39, 0.29) is 23.0 Å². The molecule has 0 atom stereocenters. The second-order valence-electron chi connectivity index (χ2n) is 4.24. The maximum Gasteiger partial charge on any atom is 0.307 e. The summed E-state index contributed by atoms with van der Waals surface area (Å²) in [6.45, 7) is 5.05. The minimum atomic E-state index is -0.318. The Morgan fingerprint density at radius 1 is 1.50 bits per heavy atom. The highest BCUT2D eigenvalue weighted by Crippen LogP contribution is 2.15. The third kappa shape index (κ3) is 4.85. The van der Waals surface area contributed by atoms with E-state index in [1.165, 1.54) is 10.9 Å². The Hall–Kier alpha value is -1.56. The maximum absolute atomic E-state index is 11.9. The number of aryl methyl sites for hydroxylation is 1. The van der Waals surface area contributed by atoms with E-state index in [9.17, 15) is 9.59 Å². The number of ether oxygens (including phenoxy) is 1. The molecule has 0 unspecified atom stereocenters. The van der Waals surface area contributed by atoms with E-state index in [1.54, 1.807) is 6.92 Å². The lowest BCUT2D eigenvalue weighted by Gasteiger charge is -2.09. The molecule has 1 rings (SSSR count). The second kappa shape index (κ2) is 8.58. The molecule has 0 bridgehead atoms. The number of anilines is 1. The number of halogens is 1. The van der Waals surface area contributed by atoms with Crippen LogP contribution in [0.3, 0.4) is 0 Å². The molecular formula is C13H20ClN3O3. The number of nitrogens with zero attached hydrogens (tertiary/aromatic N) is 2. The first-order chi connectivity index (χ1) is 9.60. The van der Waals surface area contributed by atoms with Gasteiger partial charge in [0, 0.05) is 13.1 Å². The monoisotopic (exact) mass is 301 g/mol. The molecule has 7 heteroatoms. The van der Waals surface area contributed by atoms with Gasteiger partial charge in [-0.25, -0.2) is 4.68 Å². The van der Waals surface area contributed by atoms with Crippen LogP contribution in [0.25, 0.3) is 0 Å². The number of aromatic nitrogens is 2. The topological polar surface area (TPSA) is 73.2 Å². The average Bonchev–Trinajstić information content (AvgIpc) is 2.43. The Balaban J connectivity index is 2.61. The van der Waals surface area contributed by atoms with Crippen molar-refractivity contribution in [1.82, 2.24) is 9.78 Å². The minimum Gasteiger partial charge on any atom is -0.466 e. The van der Waals surface area contributed by atoms with Gasteiger partial charge in [-0.3, -0.25) is 9.59 Å². The molecule has 6 nitrogen and oxygen atoms in total. The van der Waals surface area contributed by atoms with E-state index in [0.29, 0.717) is 25.4 Å². The summed E-state index contributed by atoms with van der Waals surface area (Å²) in [6.07, 6.45) is 3.57. The van der Waals surface area contributed by atoms with Crippen molar-refractivity contribution < 1.29 is 9.53 Å². The fourth-order valence-electron chi connectivity index (χ4n) is 1.59. The van der Waals surface area contributed by atoms with Crippen molar-refractivity contribution in [3.05, 3.63) is 21.6 Å². The second-order valence-corrected chi connectivity index (χ2v) is 4.61. The van der Waals surface area contributed by atoms with Crippen LogP contribution in [-0.4, -0.2) is 28.9 Å². The first-order valence-electron chi connectivity index (χ1n) is 6.75. The fraction of sp³-hybridized carbons (Fsp3) is 0.615. The van der Waals surface area contributed by atoms with Crippen LogP contribution >= 0.6 is 11.6 Å². The van der Waals surface area contributed by atoms with Gasteiger partial charge in [0.1, 0.15) is 5.02 Å². The Morgan fingerprint density at radius 2 is 2.25 bits per heavy atom. The zero-order valence-electron chi connectivity index (χ0n) is 11.8. The lowest BCUT2D eigenvalue weighted by Crippen LogP contribution is -2.24. The summed E-state index contributed by atoms with van der Waals surface area (Å²) < 4.78 is 6.15. The summed E-state index contributed by atoms with van der Waals surface area (Å²) in [6, 6.07) is 0. The van der Waals surface area contributed by atoms with E-state index < -0.39 is 0 Å². The SMILES string of the molecule is CCCCn1ncc(NCCC(=O)OCC)c(Cl)c1=O. The molecule has 1 N–H and O–H groups in total. The van der Waals surface area contributed by atoms with E-state index in [0.717, 1.165) is 12.8 Å². The molecule has 20 heavy (non-hydrogen) atoms. The van der Waals surface area contributed by atoms with Crippen molar-refractivity contribution in [2.45, 2.75) is 39.7 Å². The van der Waals surface area contributed by atoms with Crippen molar-refractivity contribution in [2.75, 3.05) is 18.5 Å². The van der Waals surface area contributed by atoms with Gasteiger partial charge < -0.3 is 10.1 Å². The minimum absolute atomic E-state index is 0.0972. The lowest BCUT2D eigenvalue weighted by atomic mass is 10.3. The fourth-order valence-corrected chi connectivity index (χ4v) is 1.80. The van der Waals surface area contributed by atoms with Crippen LogP contribution in [0, 0.1) is 0 Å². The quantitative estimate of drug-likeness (QED) is 0.744. The maximum atomic E-state index is 11.9. The standard InChI is InChI=1S/C13H20ClN3O3/c1-3-5-8-17-13(19)12(14)10(9-16-17)15-7-6-11(18)20-4-2/h9,15H,3-8H2,1-2H3. The van der Waals surface area contributed by atoms with Crippen LogP contribution in [0.1, 0.15) is 33.1 Å². The summed E-state index contributed by atoms with van der Waals surface area (Å²) in [4.78, 5) is 23.1. The number of hydrogen-bond acceptors (Lipinski definition) is 5. The molecule has 1 aromatic heterocycles. The van der Waals surface area contributed by atoms with Gasteiger partial charge in [0.05, 0.1) is 24.9 Å². The molecule has 0 radical (unpaired) electrons. The van der Waals surface area contributed by atoms with E-state index in [4.69, 9.17) is 16.3 Å². The van der Waals surface area contributed by atoms with Crippen molar-refractivity contribution in [2.24, 2.45) is 0 Å². The zero-order chi connectivity index (χ0) is 15.0. The highest BCUT2D eigenvalue weighted by Gasteiger charge is 2.09. The predicted octanol–water partition coefficient (Wildman–Crippen LogP) is 2.06. The van der Waals surface area contributed by atoms with Crippen LogP contribution in [0.4, 0.5) is 5.69 Å². The molecule has 0 fully saturated rings. The summed E-state index contributed by atoms with van der Waals surface area (Å²) in [7, 11) is 0. The smallest absolute Gasteiger partial charge is 0.307 e. The summed E-state index contributed by atoms with van der Waals surface area (Å²) >= 11 is 6.00. The average molecular weight is 302 g/mol. The Morgan fingerprint density at radius 3 is 2.90 bits per heavy atom. The lowest BCUT2D eigenvalue weighted by molar-refractivity contribution is -0.142. The Bertz CT molecular complexity index is 502. The van der Waals surface area contributed by atoms with E-state index >= 15 is 0 Å². The van der Waals surface area contributed by atoms with Crippen molar-refractivity contribution >= 4 is 23.3 Å². The van der Waals surface area contributed by atoms with Gasteiger partial charge in [-0.1, -0.05) is 24.9 Å². The predicted molar refractivity (Wildman–Crippen MR) is 78.2 cm³/mol. The highest BCUT2D eigenvalue weighted by molar-refractivity contribution is 6.32. The molecule has 0 aliphatic carbocycles. The van der Waals surface area contributed by atoms with Gasteiger partial charge in [0.25, 0.3) is 5.56 Å². The van der Waals surface area contributed by atoms with Gasteiger partial charge in [-0.2, -0.15) is 5.10 Å². The van der Waals surface area contributed by atoms with Gasteiger partial charge in [0.2, 0.25) is 0 Å². The van der Waals surface area contributed by atoms with Crippen LogP contribution in [0.2, 0.25) is 5.02 Å². The number of nitrogens with one attached hydrogen (secondary N) is 1. The number of carbonyl (C=O) groups is 1. The molecule has 0 aliphatic heterocycles. The van der Waals surface area contributed by atoms with Crippen LogP contribution in [0.5, 0.6) is 0 Å². The summed E-state index contributed by atoms with van der Waals surface area (Å²) in [5.74, 6) is -0.291. The summed E-state index contributed by atoms with van der Waals surface area (Å²) in [5, 5.41) is 7.07.